The van der Waals surface area contributed by atoms with Crippen molar-refractivity contribution in [3.05, 3.63) is 11.5 Å². The molecule has 4 heterocycles. The fraction of sp³-hybridized carbons (Fsp3) is 0.667. The summed E-state index contributed by atoms with van der Waals surface area (Å²) in [5, 5.41) is 5.72. The number of piperidine rings is 1. The number of ether oxygens (including phenoxy) is 2. The van der Waals surface area contributed by atoms with Crippen molar-refractivity contribution in [2.75, 3.05) is 44.4 Å². The number of hydrogen-bond acceptors (Lipinski definition) is 7. The zero-order valence-electron chi connectivity index (χ0n) is 16.2. The summed E-state index contributed by atoms with van der Waals surface area (Å²) < 4.78 is 12.6. The summed E-state index contributed by atoms with van der Waals surface area (Å²) in [5.74, 6) is 0.806. The lowest BCUT2D eigenvalue weighted by molar-refractivity contribution is 0.0919. The number of morpholine rings is 1. The van der Waals surface area contributed by atoms with Crippen LogP contribution in [-0.2, 0) is 9.47 Å². The smallest absolute Gasteiger partial charge is 0.409 e. The molecule has 10 heteroatoms. The van der Waals surface area contributed by atoms with E-state index >= 15 is 0 Å². The highest BCUT2D eigenvalue weighted by Crippen LogP contribution is 2.31. The molecule has 0 saturated carbocycles. The van der Waals surface area contributed by atoms with Crippen LogP contribution in [0.4, 0.5) is 10.6 Å². The van der Waals surface area contributed by atoms with E-state index in [1.807, 2.05) is 17.8 Å². The van der Waals surface area contributed by atoms with Gasteiger partial charge in [-0.25, -0.2) is 9.48 Å². The maximum Gasteiger partial charge on any atom is 0.409 e. The van der Waals surface area contributed by atoms with Crippen molar-refractivity contribution in [2.45, 2.75) is 38.8 Å². The predicted octanol–water partition coefficient (Wildman–Crippen LogP) is 2.50. The standard InChI is InChI=1S/C18H25ClN6O3/c1-3-28-18(26)23-6-4-13(5-7-23)25-16-14(10-20-25)15(21-17(19)22-16)24-8-9-27-11-12(24)2/h10,12-13H,3-9,11H2,1-2H3/t12-/m1/s1. The predicted molar refractivity (Wildman–Crippen MR) is 105 cm³/mol. The molecule has 2 saturated heterocycles. The van der Waals surface area contributed by atoms with Crippen molar-refractivity contribution in [1.82, 2.24) is 24.6 Å². The Hall–Kier alpha value is -2.13. The molecule has 1 amide bonds. The molecule has 0 aromatic carbocycles. The highest BCUT2D eigenvalue weighted by atomic mass is 35.5. The molecule has 0 bridgehead atoms. The molecule has 28 heavy (non-hydrogen) atoms. The zero-order chi connectivity index (χ0) is 19.7. The van der Waals surface area contributed by atoms with Gasteiger partial charge in [0, 0.05) is 19.6 Å². The molecule has 2 fully saturated rings. The van der Waals surface area contributed by atoms with Gasteiger partial charge in [0.25, 0.3) is 0 Å². The summed E-state index contributed by atoms with van der Waals surface area (Å²) in [6.07, 6.45) is 3.15. The Morgan fingerprint density at radius 3 is 2.82 bits per heavy atom. The van der Waals surface area contributed by atoms with E-state index in [1.165, 1.54) is 0 Å². The van der Waals surface area contributed by atoms with Gasteiger partial charge in [0.1, 0.15) is 5.82 Å². The van der Waals surface area contributed by atoms with Crippen LogP contribution in [-0.4, -0.2) is 76.2 Å². The second kappa shape index (κ2) is 8.08. The summed E-state index contributed by atoms with van der Waals surface area (Å²) in [7, 11) is 0. The van der Waals surface area contributed by atoms with Gasteiger partial charge in [0.05, 0.1) is 43.5 Å². The Morgan fingerprint density at radius 1 is 1.32 bits per heavy atom. The van der Waals surface area contributed by atoms with Gasteiger partial charge in [0.2, 0.25) is 5.28 Å². The molecule has 4 rings (SSSR count). The first-order valence-electron chi connectivity index (χ1n) is 9.75. The van der Waals surface area contributed by atoms with Gasteiger partial charge in [-0.05, 0) is 38.3 Å². The van der Waals surface area contributed by atoms with Crippen LogP contribution in [0.3, 0.4) is 0 Å². The van der Waals surface area contributed by atoms with E-state index in [9.17, 15) is 4.79 Å². The van der Waals surface area contributed by atoms with Crippen LogP contribution in [0.15, 0.2) is 6.20 Å². The van der Waals surface area contributed by atoms with Gasteiger partial charge >= 0.3 is 6.09 Å². The number of hydrogen-bond donors (Lipinski definition) is 0. The molecule has 0 N–H and O–H groups in total. The molecule has 9 nitrogen and oxygen atoms in total. The Labute approximate surface area is 168 Å². The van der Waals surface area contributed by atoms with E-state index in [-0.39, 0.29) is 23.5 Å². The lowest BCUT2D eigenvalue weighted by Gasteiger charge is -2.34. The third-order valence-corrected chi connectivity index (χ3v) is 5.55. The molecular weight excluding hydrogens is 384 g/mol. The number of fused-ring (bicyclic) bond motifs is 1. The van der Waals surface area contributed by atoms with Crippen LogP contribution >= 0.6 is 11.6 Å². The number of rotatable bonds is 3. The maximum atomic E-state index is 11.9. The fourth-order valence-electron chi connectivity index (χ4n) is 3.92. The number of anilines is 1. The van der Waals surface area contributed by atoms with Crippen LogP contribution in [0.2, 0.25) is 5.28 Å². The monoisotopic (exact) mass is 408 g/mol. The van der Waals surface area contributed by atoms with Crippen LogP contribution < -0.4 is 4.90 Å². The topological polar surface area (TPSA) is 85.6 Å². The molecular formula is C18H25ClN6O3. The number of aromatic nitrogens is 4. The Kier molecular flexibility index (Phi) is 5.54. The van der Waals surface area contributed by atoms with Crippen molar-refractivity contribution in [2.24, 2.45) is 0 Å². The molecule has 2 aromatic heterocycles. The summed E-state index contributed by atoms with van der Waals surface area (Å²) >= 11 is 6.27. The number of likely N-dealkylation sites (tertiary alicyclic amines) is 1. The van der Waals surface area contributed by atoms with Crippen LogP contribution in [0.1, 0.15) is 32.7 Å². The number of amides is 1. The highest BCUT2D eigenvalue weighted by molar-refractivity contribution is 6.28. The molecule has 1 atom stereocenters. The van der Waals surface area contributed by atoms with E-state index in [0.717, 1.165) is 36.2 Å². The third-order valence-electron chi connectivity index (χ3n) is 5.38. The van der Waals surface area contributed by atoms with Crippen molar-refractivity contribution in [1.29, 1.82) is 0 Å². The van der Waals surface area contributed by atoms with Gasteiger partial charge in [-0.3, -0.25) is 0 Å². The molecule has 0 aliphatic carbocycles. The van der Waals surface area contributed by atoms with Crippen molar-refractivity contribution >= 4 is 34.5 Å². The normalized spacial score (nSPS) is 21.3. The molecule has 2 aliphatic heterocycles. The average Bonchev–Trinajstić information content (AvgIpc) is 3.12. The van der Waals surface area contributed by atoms with Gasteiger partial charge in [0.15, 0.2) is 5.65 Å². The first-order valence-corrected chi connectivity index (χ1v) is 10.1. The summed E-state index contributed by atoms with van der Waals surface area (Å²) in [4.78, 5) is 24.8. The van der Waals surface area contributed by atoms with Gasteiger partial charge in [-0.15, -0.1) is 0 Å². The minimum atomic E-state index is -0.250. The lowest BCUT2D eigenvalue weighted by atomic mass is 10.1. The number of halogens is 1. The molecule has 0 spiro atoms. The first-order chi connectivity index (χ1) is 13.6. The summed E-state index contributed by atoms with van der Waals surface area (Å²) in [6.45, 7) is 7.66. The van der Waals surface area contributed by atoms with Gasteiger partial charge in [-0.2, -0.15) is 15.1 Å². The molecule has 0 unspecified atom stereocenters. The summed E-state index contributed by atoms with van der Waals surface area (Å²) in [6, 6.07) is 0.364. The van der Waals surface area contributed by atoms with E-state index in [2.05, 4.69) is 26.9 Å². The number of nitrogens with zero attached hydrogens (tertiary/aromatic N) is 6. The quantitative estimate of drug-likeness (QED) is 0.721. The minimum Gasteiger partial charge on any atom is -0.450 e. The summed E-state index contributed by atoms with van der Waals surface area (Å²) in [5.41, 5.74) is 0.739. The van der Waals surface area contributed by atoms with Crippen molar-refractivity contribution in [3.63, 3.8) is 0 Å². The first kappa shape index (κ1) is 19.2. The van der Waals surface area contributed by atoms with Gasteiger partial charge in [-0.1, -0.05) is 0 Å². The van der Waals surface area contributed by atoms with E-state index in [1.54, 1.807) is 4.90 Å². The van der Waals surface area contributed by atoms with E-state index in [0.29, 0.717) is 32.9 Å². The van der Waals surface area contributed by atoms with Crippen LogP contribution in [0.25, 0.3) is 11.0 Å². The molecule has 0 radical (unpaired) electrons. The van der Waals surface area contributed by atoms with Crippen molar-refractivity contribution in [3.8, 4) is 0 Å². The Balaban J connectivity index is 1.59. The molecule has 2 aromatic rings. The second-order valence-electron chi connectivity index (χ2n) is 7.18. The number of carbonyl (C=O) groups is 1. The lowest BCUT2D eigenvalue weighted by Crippen LogP contribution is -2.44. The minimum absolute atomic E-state index is 0.157. The zero-order valence-corrected chi connectivity index (χ0v) is 16.9. The van der Waals surface area contributed by atoms with Gasteiger partial charge < -0.3 is 19.3 Å². The van der Waals surface area contributed by atoms with Crippen LogP contribution in [0, 0.1) is 0 Å². The van der Waals surface area contributed by atoms with Crippen LogP contribution in [0.5, 0.6) is 0 Å². The fourth-order valence-corrected chi connectivity index (χ4v) is 4.08. The van der Waals surface area contributed by atoms with E-state index < -0.39 is 0 Å². The maximum absolute atomic E-state index is 11.9. The SMILES string of the molecule is CCOC(=O)N1CCC(n2ncc3c(N4CCOC[C@H]4C)nc(Cl)nc32)CC1. The highest BCUT2D eigenvalue weighted by Gasteiger charge is 2.29. The average molecular weight is 409 g/mol. The Bertz CT molecular complexity index is 851. The van der Waals surface area contributed by atoms with Crippen molar-refractivity contribution < 1.29 is 14.3 Å². The largest absolute Gasteiger partial charge is 0.450 e. The number of carbonyl (C=O) groups excluding carboxylic acids is 1. The Morgan fingerprint density at radius 2 is 2.11 bits per heavy atom. The third kappa shape index (κ3) is 3.60. The molecule has 152 valence electrons. The van der Waals surface area contributed by atoms with E-state index in [4.69, 9.17) is 21.1 Å². The molecule has 2 aliphatic rings. The second-order valence-corrected chi connectivity index (χ2v) is 7.52.